The second-order valence-electron chi connectivity index (χ2n) is 3.72. The van der Waals surface area contributed by atoms with Crippen molar-refractivity contribution in [1.82, 2.24) is 10.6 Å². The third-order valence-electron chi connectivity index (χ3n) is 2.56. The largest absolute Gasteiger partial charge is 0.468 e. The Hall–Kier alpha value is -1.10. The molecular formula is C10H18N2O3. The average molecular weight is 214 g/mol. The molecule has 1 rings (SSSR count). The zero-order chi connectivity index (χ0) is 11.1. The molecular weight excluding hydrogens is 196 g/mol. The molecule has 1 saturated carbocycles. The maximum atomic E-state index is 11.2. The van der Waals surface area contributed by atoms with Crippen LogP contribution in [0, 0.1) is 0 Å². The van der Waals surface area contributed by atoms with Gasteiger partial charge in [-0.15, -0.1) is 0 Å². The Balaban J connectivity index is 2.05. The van der Waals surface area contributed by atoms with Gasteiger partial charge in [-0.1, -0.05) is 12.8 Å². The Kier molecular flexibility index (Phi) is 5.10. The molecule has 5 nitrogen and oxygen atoms in total. The van der Waals surface area contributed by atoms with Crippen molar-refractivity contribution < 1.29 is 14.3 Å². The first kappa shape index (κ1) is 12.0. The topological polar surface area (TPSA) is 67.4 Å². The number of methoxy groups -OCH3 is 1. The van der Waals surface area contributed by atoms with Gasteiger partial charge in [-0.25, -0.2) is 0 Å². The minimum absolute atomic E-state index is 0.0539. The molecule has 5 heteroatoms. The van der Waals surface area contributed by atoms with E-state index in [4.69, 9.17) is 0 Å². The molecule has 0 spiro atoms. The van der Waals surface area contributed by atoms with Gasteiger partial charge in [-0.05, 0) is 12.8 Å². The van der Waals surface area contributed by atoms with Crippen molar-refractivity contribution in [1.29, 1.82) is 0 Å². The van der Waals surface area contributed by atoms with Gasteiger partial charge in [0.25, 0.3) is 0 Å². The van der Waals surface area contributed by atoms with Crippen LogP contribution in [-0.4, -0.2) is 38.1 Å². The number of amides is 1. The van der Waals surface area contributed by atoms with E-state index in [1.807, 2.05) is 0 Å². The summed E-state index contributed by atoms with van der Waals surface area (Å²) in [7, 11) is 1.30. The molecule has 0 saturated heterocycles. The van der Waals surface area contributed by atoms with Gasteiger partial charge in [-0.3, -0.25) is 9.59 Å². The van der Waals surface area contributed by atoms with Crippen molar-refractivity contribution in [3.8, 4) is 0 Å². The monoisotopic (exact) mass is 214 g/mol. The predicted molar refractivity (Wildman–Crippen MR) is 55.3 cm³/mol. The molecule has 0 aliphatic heterocycles. The van der Waals surface area contributed by atoms with Crippen LogP contribution in [0.2, 0.25) is 0 Å². The highest BCUT2D eigenvalue weighted by molar-refractivity contribution is 5.83. The first-order valence-electron chi connectivity index (χ1n) is 5.29. The lowest BCUT2D eigenvalue weighted by Gasteiger charge is -2.11. The van der Waals surface area contributed by atoms with Crippen LogP contribution in [-0.2, 0) is 14.3 Å². The molecule has 0 aromatic carbocycles. The molecule has 1 aliphatic carbocycles. The zero-order valence-corrected chi connectivity index (χ0v) is 9.04. The highest BCUT2D eigenvalue weighted by atomic mass is 16.5. The Morgan fingerprint density at radius 1 is 1.27 bits per heavy atom. The SMILES string of the molecule is COC(=O)CNC(=O)CNC1CCCC1. The molecule has 0 unspecified atom stereocenters. The van der Waals surface area contributed by atoms with Gasteiger partial charge < -0.3 is 15.4 Å². The Morgan fingerprint density at radius 3 is 2.53 bits per heavy atom. The first-order chi connectivity index (χ1) is 7.22. The summed E-state index contributed by atoms with van der Waals surface area (Å²) in [5.41, 5.74) is 0. The average Bonchev–Trinajstić information content (AvgIpc) is 2.75. The molecule has 0 atom stereocenters. The van der Waals surface area contributed by atoms with Crippen LogP contribution < -0.4 is 10.6 Å². The molecule has 2 N–H and O–H groups in total. The van der Waals surface area contributed by atoms with Gasteiger partial charge in [0.1, 0.15) is 6.54 Å². The number of rotatable bonds is 5. The fraction of sp³-hybridized carbons (Fsp3) is 0.800. The summed E-state index contributed by atoms with van der Waals surface area (Å²) in [4.78, 5) is 22.0. The minimum Gasteiger partial charge on any atom is -0.468 e. The van der Waals surface area contributed by atoms with Crippen molar-refractivity contribution >= 4 is 11.9 Å². The van der Waals surface area contributed by atoms with Crippen LogP contribution in [0.25, 0.3) is 0 Å². The van der Waals surface area contributed by atoms with Gasteiger partial charge in [-0.2, -0.15) is 0 Å². The number of hydrogen-bond acceptors (Lipinski definition) is 4. The maximum absolute atomic E-state index is 11.2. The summed E-state index contributed by atoms with van der Waals surface area (Å²) in [5.74, 6) is -0.587. The van der Waals surface area contributed by atoms with Crippen LogP contribution in [0.4, 0.5) is 0 Å². The van der Waals surface area contributed by atoms with Crippen molar-refractivity contribution in [2.45, 2.75) is 31.7 Å². The number of carbonyl (C=O) groups excluding carboxylic acids is 2. The van der Waals surface area contributed by atoms with E-state index in [1.54, 1.807) is 0 Å². The molecule has 1 aliphatic rings. The van der Waals surface area contributed by atoms with Crippen LogP contribution in [0.5, 0.6) is 0 Å². The van der Waals surface area contributed by atoms with Crippen LogP contribution in [0.3, 0.4) is 0 Å². The van der Waals surface area contributed by atoms with Crippen LogP contribution in [0.1, 0.15) is 25.7 Å². The molecule has 0 heterocycles. The minimum atomic E-state index is -0.427. The van der Waals surface area contributed by atoms with Gasteiger partial charge in [0, 0.05) is 6.04 Å². The number of ether oxygens (including phenoxy) is 1. The van der Waals surface area contributed by atoms with Crippen LogP contribution >= 0.6 is 0 Å². The molecule has 0 aromatic heterocycles. The lowest BCUT2D eigenvalue weighted by molar-refractivity contribution is -0.141. The molecule has 86 valence electrons. The molecule has 0 aromatic rings. The van der Waals surface area contributed by atoms with Gasteiger partial charge in [0.2, 0.25) is 5.91 Å². The number of esters is 1. The van der Waals surface area contributed by atoms with E-state index in [0.717, 1.165) is 12.8 Å². The van der Waals surface area contributed by atoms with Crippen molar-refractivity contribution in [3.63, 3.8) is 0 Å². The lowest BCUT2D eigenvalue weighted by Crippen LogP contribution is -2.40. The molecule has 1 amide bonds. The number of nitrogens with one attached hydrogen (secondary N) is 2. The van der Waals surface area contributed by atoms with E-state index in [2.05, 4.69) is 15.4 Å². The standard InChI is InChI=1S/C10H18N2O3/c1-15-10(14)7-12-9(13)6-11-8-4-2-3-5-8/h8,11H,2-7H2,1H3,(H,12,13). The van der Waals surface area contributed by atoms with Crippen LogP contribution in [0.15, 0.2) is 0 Å². The van der Waals surface area contributed by atoms with E-state index in [1.165, 1.54) is 20.0 Å². The fourth-order valence-corrected chi connectivity index (χ4v) is 1.67. The quantitative estimate of drug-likeness (QED) is 0.622. The van der Waals surface area contributed by atoms with E-state index >= 15 is 0 Å². The number of carbonyl (C=O) groups is 2. The maximum Gasteiger partial charge on any atom is 0.325 e. The van der Waals surface area contributed by atoms with E-state index in [0.29, 0.717) is 6.04 Å². The summed E-state index contributed by atoms with van der Waals surface area (Å²) in [6, 6.07) is 0.467. The lowest BCUT2D eigenvalue weighted by atomic mass is 10.2. The highest BCUT2D eigenvalue weighted by Crippen LogP contribution is 2.16. The normalized spacial score (nSPS) is 16.3. The summed E-state index contributed by atoms with van der Waals surface area (Å²) >= 11 is 0. The fourth-order valence-electron chi connectivity index (χ4n) is 1.67. The highest BCUT2D eigenvalue weighted by Gasteiger charge is 2.15. The van der Waals surface area contributed by atoms with Gasteiger partial charge >= 0.3 is 5.97 Å². The third-order valence-corrected chi connectivity index (χ3v) is 2.56. The second kappa shape index (κ2) is 6.40. The first-order valence-corrected chi connectivity index (χ1v) is 5.29. The molecule has 15 heavy (non-hydrogen) atoms. The predicted octanol–water partition coefficient (Wildman–Crippen LogP) is -0.192. The Morgan fingerprint density at radius 2 is 1.93 bits per heavy atom. The van der Waals surface area contributed by atoms with E-state index in [9.17, 15) is 9.59 Å². The van der Waals surface area contributed by atoms with Crippen molar-refractivity contribution in [2.75, 3.05) is 20.2 Å². The second-order valence-corrected chi connectivity index (χ2v) is 3.72. The van der Waals surface area contributed by atoms with E-state index < -0.39 is 5.97 Å². The summed E-state index contributed by atoms with van der Waals surface area (Å²) < 4.78 is 4.40. The molecule has 0 bridgehead atoms. The smallest absolute Gasteiger partial charge is 0.325 e. The summed E-state index contributed by atoms with van der Waals surface area (Å²) in [5, 5.41) is 5.64. The molecule has 1 fully saturated rings. The number of hydrogen-bond donors (Lipinski definition) is 2. The molecule has 0 radical (unpaired) electrons. The van der Waals surface area contributed by atoms with Gasteiger partial charge in [0.05, 0.1) is 13.7 Å². The Labute approximate surface area is 89.6 Å². The third kappa shape index (κ3) is 4.78. The Bertz CT molecular complexity index is 225. The summed E-state index contributed by atoms with van der Waals surface area (Å²) in [6.07, 6.45) is 4.76. The van der Waals surface area contributed by atoms with Crippen molar-refractivity contribution in [3.05, 3.63) is 0 Å². The summed E-state index contributed by atoms with van der Waals surface area (Å²) in [6.45, 7) is 0.226. The van der Waals surface area contributed by atoms with E-state index in [-0.39, 0.29) is 19.0 Å². The zero-order valence-electron chi connectivity index (χ0n) is 9.04. The van der Waals surface area contributed by atoms with Crippen molar-refractivity contribution in [2.24, 2.45) is 0 Å². The van der Waals surface area contributed by atoms with Gasteiger partial charge in [0.15, 0.2) is 0 Å².